The molecule has 2 aromatic rings. The number of aromatic nitrogens is 3. The molecule has 2 aromatic heterocycles. The predicted octanol–water partition coefficient (Wildman–Crippen LogP) is 3.61. The molecule has 0 spiro atoms. The number of hydrogen-bond donors (Lipinski definition) is 1. The lowest BCUT2D eigenvalue weighted by Crippen LogP contribution is -2.47. The average Bonchev–Trinajstić information content (AvgIpc) is 3.26. The first-order chi connectivity index (χ1) is 14.1. The molecule has 1 fully saturated rings. The molecule has 8 heteroatoms. The molecule has 29 heavy (non-hydrogen) atoms. The Hall–Kier alpha value is -2.35. The summed E-state index contributed by atoms with van der Waals surface area (Å²) in [6.45, 7) is 4.69. The van der Waals surface area contributed by atoms with E-state index < -0.39 is 6.04 Å². The van der Waals surface area contributed by atoms with Crippen molar-refractivity contribution in [1.82, 2.24) is 24.8 Å². The minimum atomic E-state index is -0.715. The van der Waals surface area contributed by atoms with Gasteiger partial charge in [-0.3, -0.25) is 14.6 Å². The van der Waals surface area contributed by atoms with Gasteiger partial charge in [0.25, 0.3) is 5.91 Å². The van der Waals surface area contributed by atoms with E-state index in [1.54, 1.807) is 34.8 Å². The minimum absolute atomic E-state index is 0.136. The van der Waals surface area contributed by atoms with Gasteiger partial charge >= 0.3 is 0 Å². The second kappa shape index (κ2) is 10.4. The number of nitrogens with one attached hydrogen (secondary N) is 1. The van der Waals surface area contributed by atoms with Crippen molar-refractivity contribution in [2.45, 2.75) is 64.5 Å². The molecule has 0 radical (unpaired) electrons. The first-order valence-electron chi connectivity index (χ1n) is 10.3. The SMILES string of the molecule is CC(C)CCN(C(=O)c1csnn1)[C@H](C(=O)NC1CCCCC1)c1ccncc1. The molecule has 7 nitrogen and oxygen atoms in total. The van der Waals surface area contributed by atoms with Gasteiger partial charge in [-0.05, 0) is 54.4 Å². The van der Waals surface area contributed by atoms with E-state index in [0.717, 1.165) is 49.2 Å². The van der Waals surface area contributed by atoms with E-state index in [1.165, 1.54) is 6.42 Å². The standard InChI is InChI=1S/C21H29N5O2S/c1-15(2)10-13-26(21(28)18-14-29-25-24-18)19(16-8-11-22-12-9-16)20(27)23-17-6-4-3-5-7-17/h8-9,11-12,14-15,17,19H,3-7,10,13H2,1-2H3,(H,23,27)/t19-/m0/s1. The van der Waals surface area contributed by atoms with Crippen LogP contribution in [-0.4, -0.2) is 43.9 Å². The van der Waals surface area contributed by atoms with Gasteiger partial charge in [0.15, 0.2) is 5.69 Å². The van der Waals surface area contributed by atoms with E-state index in [4.69, 9.17) is 0 Å². The summed E-state index contributed by atoms with van der Waals surface area (Å²) in [7, 11) is 0. The van der Waals surface area contributed by atoms with Gasteiger partial charge in [-0.25, -0.2) is 0 Å². The quantitative estimate of drug-likeness (QED) is 0.711. The van der Waals surface area contributed by atoms with Gasteiger partial charge in [-0.1, -0.05) is 37.6 Å². The van der Waals surface area contributed by atoms with Crippen LogP contribution in [0.5, 0.6) is 0 Å². The van der Waals surface area contributed by atoms with E-state index in [1.807, 2.05) is 0 Å². The molecule has 1 N–H and O–H groups in total. The zero-order valence-electron chi connectivity index (χ0n) is 17.1. The largest absolute Gasteiger partial charge is 0.351 e. The van der Waals surface area contributed by atoms with E-state index in [9.17, 15) is 9.59 Å². The van der Waals surface area contributed by atoms with Gasteiger partial charge in [0, 0.05) is 30.4 Å². The highest BCUT2D eigenvalue weighted by Crippen LogP contribution is 2.26. The Morgan fingerprint density at radius 3 is 2.55 bits per heavy atom. The van der Waals surface area contributed by atoms with E-state index in [2.05, 4.69) is 33.7 Å². The first kappa shape index (κ1) is 21.4. The first-order valence-corrected chi connectivity index (χ1v) is 11.2. The lowest BCUT2D eigenvalue weighted by Gasteiger charge is -2.33. The fourth-order valence-corrected chi connectivity index (χ4v) is 4.13. The molecule has 0 saturated heterocycles. The fourth-order valence-electron chi connectivity index (χ4n) is 3.70. The number of amides is 2. The monoisotopic (exact) mass is 415 g/mol. The van der Waals surface area contributed by atoms with Crippen LogP contribution in [0.4, 0.5) is 0 Å². The van der Waals surface area contributed by atoms with Gasteiger partial charge in [0.1, 0.15) is 6.04 Å². The summed E-state index contributed by atoms with van der Waals surface area (Å²) in [6, 6.07) is 3.07. The fraction of sp³-hybridized carbons (Fsp3) is 0.571. The van der Waals surface area contributed by atoms with Gasteiger partial charge in [0.05, 0.1) is 0 Å². The van der Waals surface area contributed by atoms with Crippen LogP contribution in [0.25, 0.3) is 0 Å². The molecule has 1 atom stereocenters. The van der Waals surface area contributed by atoms with Crippen LogP contribution >= 0.6 is 11.5 Å². The van der Waals surface area contributed by atoms with Gasteiger partial charge in [-0.2, -0.15) is 0 Å². The van der Waals surface area contributed by atoms with Crippen molar-refractivity contribution in [3.63, 3.8) is 0 Å². The summed E-state index contributed by atoms with van der Waals surface area (Å²) in [5, 5.41) is 8.78. The molecule has 0 unspecified atom stereocenters. The molecule has 2 heterocycles. The van der Waals surface area contributed by atoms with Crippen LogP contribution in [0, 0.1) is 5.92 Å². The molecular weight excluding hydrogens is 386 g/mol. The van der Waals surface area contributed by atoms with Crippen LogP contribution in [-0.2, 0) is 4.79 Å². The number of pyridine rings is 1. The zero-order chi connectivity index (χ0) is 20.6. The minimum Gasteiger partial charge on any atom is -0.351 e. The van der Waals surface area contributed by atoms with E-state index in [0.29, 0.717) is 12.5 Å². The third-order valence-electron chi connectivity index (χ3n) is 5.32. The molecular formula is C21H29N5O2S. The summed E-state index contributed by atoms with van der Waals surface area (Å²) in [6.07, 6.45) is 9.57. The number of nitrogens with zero attached hydrogens (tertiary/aromatic N) is 4. The smallest absolute Gasteiger partial charge is 0.276 e. The molecule has 1 aliphatic carbocycles. The van der Waals surface area contributed by atoms with Crippen LogP contribution in [0.1, 0.15) is 74.5 Å². The molecule has 1 saturated carbocycles. The molecule has 2 amide bonds. The third-order valence-corrected chi connectivity index (χ3v) is 5.83. The Morgan fingerprint density at radius 1 is 1.21 bits per heavy atom. The normalized spacial score (nSPS) is 15.8. The Morgan fingerprint density at radius 2 is 1.93 bits per heavy atom. The lowest BCUT2D eigenvalue weighted by molar-refractivity contribution is -0.127. The summed E-state index contributed by atoms with van der Waals surface area (Å²) >= 11 is 1.13. The number of carbonyl (C=O) groups is 2. The van der Waals surface area contributed by atoms with Crippen molar-refractivity contribution in [2.24, 2.45) is 5.92 Å². The number of hydrogen-bond acceptors (Lipinski definition) is 6. The highest BCUT2D eigenvalue weighted by molar-refractivity contribution is 7.03. The molecule has 3 rings (SSSR count). The van der Waals surface area contributed by atoms with Crippen LogP contribution in [0.2, 0.25) is 0 Å². The van der Waals surface area contributed by atoms with Gasteiger partial charge in [0.2, 0.25) is 5.91 Å². The van der Waals surface area contributed by atoms with E-state index >= 15 is 0 Å². The van der Waals surface area contributed by atoms with Crippen LogP contribution < -0.4 is 5.32 Å². The zero-order valence-corrected chi connectivity index (χ0v) is 17.9. The third kappa shape index (κ3) is 5.82. The highest BCUT2D eigenvalue weighted by atomic mass is 32.1. The summed E-state index contributed by atoms with van der Waals surface area (Å²) < 4.78 is 3.83. The maximum atomic E-state index is 13.4. The number of rotatable bonds is 8. The summed E-state index contributed by atoms with van der Waals surface area (Å²) in [4.78, 5) is 32.4. The van der Waals surface area contributed by atoms with Crippen molar-refractivity contribution in [3.8, 4) is 0 Å². The summed E-state index contributed by atoms with van der Waals surface area (Å²) in [5.41, 5.74) is 1.04. The maximum absolute atomic E-state index is 13.4. The topological polar surface area (TPSA) is 88.1 Å². The molecule has 0 aliphatic heterocycles. The number of carbonyl (C=O) groups excluding carboxylic acids is 2. The van der Waals surface area contributed by atoms with Gasteiger partial charge < -0.3 is 10.2 Å². The van der Waals surface area contributed by atoms with Crippen molar-refractivity contribution in [2.75, 3.05) is 6.54 Å². The van der Waals surface area contributed by atoms with Crippen molar-refractivity contribution in [3.05, 3.63) is 41.2 Å². The molecule has 0 bridgehead atoms. The molecule has 1 aliphatic rings. The molecule has 0 aromatic carbocycles. The Labute approximate surface area is 176 Å². The second-order valence-corrected chi connectivity index (χ2v) is 8.61. The second-order valence-electron chi connectivity index (χ2n) is 8.00. The van der Waals surface area contributed by atoms with Crippen molar-refractivity contribution < 1.29 is 9.59 Å². The summed E-state index contributed by atoms with van der Waals surface area (Å²) in [5.74, 6) is 0.00163. The van der Waals surface area contributed by atoms with Gasteiger partial charge in [-0.15, -0.1) is 5.10 Å². The molecule has 156 valence electrons. The van der Waals surface area contributed by atoms with Crippen LogP contribution in [0.15, 0.2) is 29.9 Å². The predicted molar refractivity (Wildman–Crippen MR) is 112 cm³/mol. The Bertz CT molecular complexity index is 776. The van der Waals surface area contributed by atoms with E-state index in [-0.39, 0.29) is 23.6 Å². The lowest BCUT2D eigenvalue weighted by atomic mass is 9.94. The van der Waals surface area contributed by atoms with Crippen LogP contribution in [0.3, 0.4) is 0 Å². The highest BCUT2D eigenvalue weighted by Gasteiger charge is 2.34. The Balaban J connectivity index is 1.90. The average molecular weight is 416 g/mol. The maximum Gasteiger partial charge on any atom is 0.276 e. The van der Waals surface area contributed by atoms with Crippen molar-refractivity contribution in [1.29, 1.82) is 0 Å². The van der Waals surface area contributed by atoms with Crippen molar-refractivity contribution >= 4 is 23.3 Å². The Kier molecular flexibility index (Phi) is 7.69.